The van der Waals surface area contributed by atoms with Crippen LogP contribution in [0, 0.1) is 11.2 Å². The molecule has 0 saturated heterocycles. The zero-order chi connectivity index (χ0) is 30.1. The van der Waals surface area contributed by atoms with E-state index in [2.05, 4.69) is 15.2 Å². The Balaban J connectivity index is 1.50. The van der Waals surface area contributed by atoms with Gasteiger partial charge in [0.2, 0.25) is 14.8 Å². The second-order valence-corrected chi connectivity index (χ2v) is 12.7. The van der Waals surface area contributed by atoms with Crippen LogP contribution in [0.3, 0.4) is 0 Å². The Hall–Kier alpha value is -4.20. The van der Waals surface area contributed by atoms with Gasteiger partial charge in [0, 0.05) is 32.3 Å². The van der Waals surface area contributed by atoms with E-state index < -0.39 is 67.2 Å². The van der Waals surface area contributed by atoms with E-state index in [0.29, 0.717) is 34.7 Å². The molecule has 3 heterocycles. The number of alkyl halides is 4. The lowest BCUT2D eigenvalue weighted by Crippen LogP contribution is -2.50. The summed E-state index contributed by atoms with van der Waals surface area (Å²) < 4.78 is 101. The van der Waals surface area contributed by atoms with Gasteiger partial charge in [-0.15, -0.1) is 0 Å². The molecule has 0 radical (unpaired) electrons. The van der Waals surface area contributed by atoms with Gasteiger partial charge in [-0.3, -0.25) is 14.5 Å². The SMILES string of the molecule is Cn1ccc(S(=O)(=O)[C@@]2(F)CCC3=Cc4c(cnn4-c4ccc(F)cc4)C[C@]3(C(=O)c3cc(C(F)(F)F)ccn3)C2)n1. The first-order valence-corrected chi connectivity index (χ1v) is 14.3. The van der Waals surface area contributed by atoms with E-state index in [1.54, 1.807) is 6.08 Å². The molecule has 0 bridgehead atoms. The average Bonchev–Trinajstić information content (AvgIpc) is 3.57. The first kappa shape index (κ1) is 27.9. The third kappa shape index (κ3) is 4.35. The van der Waals surface area contributed by atoms with Crippen LogP contribution >= 0.6 is 0 Å². The van der Waals surface area contributed by atoms with Crippen LogP contribution in [-0.2, 0) is 29.5 Å². The third-order valence-electron chi connectivity index (χ3n) is 7.91. The molecule has 0 spiro atoms. The highest BCUT2D eigenvalue weighted by molar-refractivity contribution is 7.92. The molecule has 2 aliphatic carbocycles. The van der Waals surface area contributed by atoms with E-state index in [-0.39, 0.29) is 12.8 Å². The minimum atomic E-state index is -4.77. The fourth-order valence-electron chi connectivity index (χ4n) is 5.80. The van der Waals surface area contributed by atoms with Crippen molar-refractivity contribution < 1.29 is 35.2 Å². The number of fused-ring (bicyclic) bond motifs is 2. The maximum Gasteiger partial charge on any atom is 0.416 e. The Morgan fingerprint density at radius 3 is 2.50 bits per heavy atom. The monoisotopic (exact) mass is 603 g/mol. The van der Waals surface area contributed by atoms with E-state index in [1.807, 2.05) is 0 Å². The highest BCUT2D eigenvalue weighted by Gasteiger charge is 2.60. The summed E-state index contributed by atoms with van der Waals surface area (Å²) in [5.74, 6) is -1.39. The molecular formula is C28H22F5N5O3S. The highest BCUT2D eigenvalue weighted by atomic mass is 32.2. The van der Waals surface area contributed by atoms with Crippen molar-refractivity contribution in [3.63, 3.8) is 0 Å². The lowest BCUT2D eigenvalue weighted by atomic mass is 9.61. The molecule has 218 valence electrons. The number of hydrogen-bond donors (Lipinski definition) is 0. The largest absolute Gasteiger partial charge is 0.416 e. The zero-order valence-corrected chi connectivity index (χ0v) is 22.8. The smallest absolute Gasteiger partial charge is 0.291 e. The number of halogens is 5. The maximum atomic E-state index is 16.8. The fourth-order valence-corrected chi connectivity index (χ4v) is 7.45. The van der Waals surface area contributed by atoms with Crippen molar-refractivity contribution in [1.29, 1.82) is 0 Å². The quantitative estimate of drug-likeness (QED) is 0.227. The van der Waals surface area contributed by atoms with Gasteiger partial charge in [0.05, 0.1) is 28.6 Å². The van der Waals surface area contributed by atoms with Crippen molar-refractivity contribution in [2.45, 2.75) is 41.9 Å². The van der Waals surface area contributed by atoms with Gasteiger partial charge in [-0.25, -0.2) is 21.9 Å². The molecule has 8 nitrogen and oxygen atoms in total. The first-order valence-electron chi connectivity index (χ1n) is 12.8. The molecule has 0 N–H and O–H groups in total. The van der Waals surface area contributed by atoms with Crippen molar-refractivity contribution in [1.82, 2.24) is 24.5 Å². The summed E-state index contributed by atoms with van der Waals surface area (Å²) in [7, 11) is -3.26. The number of rotatable bonds is 5. The number of pyridine rings is 1. The Bertz CT molecular complexity index is 1860. The van der Waals surface area contributed by atoms with Gasteiger partial charge in [0.15, 0.2) is 10.8 Å². The van der Waals surface area contributed by atoms with Crippen LogP contribution in [0.15, 0.2) is 71.7 Å². The van der Waals surface area contributed by atoms with Crippen molar-refractivity contribution in [3.8, 4) is 5.69 Å². The van der Waals surface area contributed by atoms with Gasteiger partial charge in [-0.2, -0.15) is 23.4 Å². The molecule has 42 heavy (non-hydrogen) atoms. The number of carbonyl (C=O) groups excluding carboxylic acids is 1. The van der Waals surface area contributed by atoms with Crippen LogP contribution in [0.2, 0.25) is 0 Å². The molecule has 2 atom stereocenters. The number of allylic oxidation sites excluding steroid dienone is 1. The van der Waals surface area contributed by atoms with Crippen molar-refractivity contribution in [2.75, 3.05) is 0 Å². The van der Waals surface area contributed by atoms with Crippen LogP contribution < -0.4 is 0 Å². The van der Waals surface area contributed by atoms with Crippen LogP contribution in [0.1, 0.15) is 46.6 Å². The van der Waals surface area contributed by atoms with Crippen LogP contribution in [0.4, 0.5) is 22.0 Å². The number of Topliss-reactive ketones (excluding diaryl/α,β-unsaturated/α-hetero) is 1. The van der Waals surface area contributed by atoms with E-state index in [1.165, 1.54) is 53.1 Å². The molecule has 3 aromatic heterocycles. The summed E-state index contributed by atoms with van der Waals surface area (Å²) in [6.45, 7) is 0. The summed E-state index contributed by atoms with van der Waals surface area (Å²) in [5.41, 5.74) is -1.78. The predicted octanol–water partition coefficient (Wildman–Crippen LogP) is 5.29. The normalized spacial score (nSPS) is 22.3. The molecule has 1 saturated carbocycles. The van der Waals surface area contributed by atoms with E-state index >= 15 is 4.39 Å². The number of nitrogens with zero attached hydrogens (tertiary/aromatic N) is 5. The predicted molar refractivity (Wildman–Crippen MR) is 139 cm³/mol. The molecule has 4 aromatic rings. The molecule has 0 unspecified atom stereocenters. The first-order chi connectivity index (χ1) is 19.7. The summed E-state index contributed by atoms with van der Waals surface area (Å²) in [5, 5.41) is 4.74. The molecular weight excluding hydrogens is 581 g/mol. The molecule has 2 aliphatic rings. The molecule has 6 rings (SSSR count). The Morgan fingerprint density at radius 1 is 1.10 bits per heavy atom. The van der Waals surface area contributed by atoms with Crippen molar-refractivity contribution >= 4 is 21.7 Å². The van der Waals surface area contributed by atoms with Gasteiger partial charge in [-0.05, 0) is 66.9 Å². The number of aryl methyl sites for hydroxylation is 1. The second-order valence-electron chi connectivity index (χ2n) is 10.5. The van der Waals surface area contributed by atoms with Gasteiger partial charge in [0.25, 0.3) is 0 Å². The Labute approximate surface area is 236 Å². The summed E-state index contributed by atoms with van der Waals surface area (Å²) in [6, 6.07) is 7.93. The van der Waals surface area contributed by atoms with Gasteiger partial charge >= 0.3 is 6.18 Å². The van der Waals surface area contributed by atoms with E-state index in [0.717, 1.165) is 12.3 Å². The lowest BCUT2D eigenvalue weighted by Gasteiger charge is -2.45. The van der Waals surface area contributed by atoms with Gasteiger partial charge in [-0.1, -0.05) is 5.57 Å². The van der Waals surface area contributed by atoms with Gasteiger partial charge < -0.3 is 0 Å². The zero-order valence-electron chi connectivity index (χ0n) is 21.9. The van der Waals surface area contributed by atoms with Crippen LogP contribution in [0.5, 0.6) is 0 Å². The topological polar surface area (TPSA) is 99.7 Å². The lowest BCUT2D eigenvalue weighted by molar-refractivity contribution is -0.137. The summed E-state index contributed by atoms with van der Waals surface area (Å²) in [4.78, 5) is 18.1. The number of sulfone groups is 1. The average molecular weight is 604 g/mol. The Morgan fingerprint density at radius 2 is 1.83 bits per heavy atom. The molecule has 0 amide bonds. The fraction of sp³-hybridized carbons (Fsp3) is 0.286. The van der Waals surface area contributed by atoms with Crippen LogP contribution in [-0.4, -0.2) is 43.7 Å². The summed E-state index contributed by atoms with van der Waals surface area (Å²) in [6.07, 6.45) is -1.39. The van der Waals surface area contributed by atoms with Gasteiger partial charge in [0.1, 0.15) is 11.5 Å². The third-order valence-corrected chi connectivity index (χ3v) is 9.99. The number of ketones is 1. The number of aromatic nitrogens is 5. The minimum Gasteiger partial charge on any atom is -0.291 e. The maximum absolute atomic E-state index is 16.8. The minimum absolute atomic E-state index is 0.193. The molecule has 14 heteroatoms. The second kappa shape index (κ2) is 9.41. The number of carbonyl (C=O) groups is 1. The Kier molecular flexibility index (Phi) is 6.26. The standard InChI is InChI=1S/C28H22F5N5O3S/c1-37-11-8-24(36-37)42(40,41)27(30)9-6-18-13-23-17(15-35-38(23)21-4-2-20(29)3-5-21)14-26(18,16-27)25(39)22-12-19(7-10-34-22)28(31,32)33/h2-5,7-8,10-13,15H,6,9,14,16H2,1H3/t26-,27-/m0/s1. The molecule has 1 fully saturated rings. The van der Waals surface area contributed by atoms with Crippen LogP contribution in [0.25, 0.3) is 11.8 Å². The summed E-state index contributed by atoms with van der Waals surface area (Å²) >= 11 is 0. The number of benzene rings is 1. The van der Waals surface area contributed by atoms with E-state index in [9.17, 15) is 30.8 Å². The van der Waals surface area contributed by atoms with Crippen molar-refractivity contribution in [2.24, 2.45) is 12.5 Å². The van der Waals surface area contributed by atoms with Crippen molar-refractivity contribution in [3.05, 3.63) is 95.0 Å². The molecule has 0 aliphatic heterocycles. The highest BCUT2D eigenvalue weighted by Crippen LogP contribution is 2.56. The number of hydrogen-bond acceptors (Lipinski definition) is 6. The van der Waals surface area contributed by atoms with E-state index in [4.69, 9.17) is 0 Å². The molecule has 1 aromatic carbocycles.